The number of hydrogen-bond acceptors (Lipinski definition) is 8. The lowest BCUT2D eigenvalue weighted by Crippen LogP contribution is -2.51. The molecule has 4 atom stereocenters. The van der Waals surface area contributed by atoms with Gasteiger partial charge in [-0.1, -0.05) is 0 Å². The monoisotopic (exact) mass is 411 g/mol. The molecule has 1 fully saturated rings. The van der Waals surface area contributed by atoms with E-state index in [1.54, 1.807) is 6.92 Å². The summed E-state index contributed by atoms with van der Waals surface area (Å²) in [6.45, 7) is 0.465. The van der Waals surface area contributed by atoms with Crippen molar-refractivity contribution in [2.45, 2.75) is 44.6 Å². The highest BCUT2D eigenvalue weighted by Gasteiger charge is 2.37. The van der Waals surface area contributed by atoms with Crippen LogP contribution in [0.25, 0.3) is 11.0 Å². The van der Waals surface area contributed by atoms with Gasteiger partial charge in [0.2, 0.25) is 6.29 Å². The molecule has 0 aliphatic carbocycles. The molecule has 2 heterocycles. The van der Waals surface area contributed by atoms with E-state index in [-0.39, 0.29) is 28.9 Å². The average molecular weight is 411 g/mol. The van der Waals surface area contributed by atoms with Crippen LogP contribution in [0.1, 0.15) is 29.3 Å². The van der Waals surface area contributed by atoms with E-state index < -0.39 is 49.4 Å². The Morgan fingerprint density at radius 2 is 2.14 bits per heavy atom. The molecule has 10 heteroatoms. The number of aliphatic hydroxyl groups is 3. The van der Waals surface area contributed by atoms with Gasteiger partial charge >= 0.3 is 5.63 Å². The first kappa shape index (κ1) is 21.2. The fourth-order valence-corrected chi connectivity index (χ4v) is 3.16. The summed E-state index contributed by atoms with van der Waals surface area (Å²) in [6, 6.07) is 4.23. The van der Waals surface area contributed by atoms with Crippen LogP contribution in [-0.4, -0.2) is 59.0 Å². The Bertz CT molecular complexity index is 946. The van der Waals surface area contributed by atoms with E-state index in [4.69, 9.17) is 13.9 Å². The van der Waals surface area contributed by atoms with Gasteiger partial charge in [0.1, 0.15) is 35.8 Å². The normalized spacial score (nSPS) is 24.4. The number of alkyl halides is 1. The van der Waals surface area contributed by atoms with Gasteiger partial charge in [-0.15, -0.1) is 0 Å². The molecule has 0 bridgehead atoms. The summed E-state index contributed by atoms with van der Waals surface area (Å²) in [6.07, 6.45) is -4.70. The second kappa shape index (κ2) is 8.87. The van der Waals surface area contributed by atoms with Gasteiger partial charge in [0, 0.05) is 18.4 Å². The first-order valence-corrected chi connectivity index (χ1v) is 9.12. The maximum atomic E-state index is 13.8. The Labute approximate surface area is 164 Å². The molecule has 1 aliphatic heterocycles. The number of aliphatic hydroxyl groups excluding tert-OH is 3. The van der Waals surface area contributed by atoms with Gasteiger partial charge < -0.3 is 34.5 Å². The van der Waals surface area contributed by atoms with E-state index in [0.29, 0.717) is 11.9 Å². The molecule has 9 nitrogen and oxygen atoms in total. The van der Waals surface area contributed by atoms with Crippen LogP contribution in [0.3, 0.4) is 0 Å². The number of amides is 1. The lowest BCUT2D eigenvalue weighted by molar-refractivity contribution is -0.230. The molecular weight excluding hydrogens is 389 g/mol. The lowest BCUT2D eigenvalue weighted by Gasteiger charge is -2.36. The zero-order valence-electron chi connectivity index (χ0n) is 15.6. The van der Waals surface area contributed by atoms with Crippen LogP contribution in [0.15, 0.2) is 27.4 Å². The van der Waals surface area contributed by atoms with Crippen LogP contribution in [0, 0.1) is 0 Å². The van der Waals surface area contributed by atoms with E-state index >= 15 is 0 Å². The SMILES string of the molecule is CCNC(=O)c1cc2ccc(OC3C[C@@H](O)[C@@H](O)[C@@H](CO)O3)c(CF)c2oc1=O. The first-order chi connectivity index (χ1) is 13.9. The minimum Gasteiger partial charge on any atom is -0.464 e. The molecule has 1 saturated heterocycles. The number of carbonyl (C=O) groups excluding carboxylic acids is 1. The summed E-state index contributed by atoms with van der Waals surface area (Å²) in [5.74, 6) is -0.581. The fraction of sp³-hybridized carbons (Fsp3) is 0.474. The number of benzene rings is 1. The van der Waals surface area contributed by atoms with Crippen LogP contribution in [0.5, 0.6) is 5.75 Å². The van der Waals surface area contributed by atoms with E-state index in [2.05, 4.69) is 5.32 Å². The third kappa shape index (κ3) is 4.25. The number of rotatable bonds is 6. The number of fused-ring (bicyclic) bond motifs is 1. The second-order valence-corrected chi connectivity index (χ2v) is 6.60. The summed E-state index contributed by atoms with van der Waals surface area (Å²) in [5.41, 5.74) is -1.25. The van der Waals surface area contributed by atoms with Gasteiger partial charge in [-0.05, 0) is 25.1 Å². The Morgan fingerprint density at radius 3 is 2.79 bits per heavy atom. The van der Waals surface area contributed by atoms with Crippen molar-refractivity contribution in [1.29, 1.82) is 0 Å². The van der Waals surface area contributed by atoms with Crippen molar-refractivity contribution < 1.29 is 38.4 Å². The molecule has 1 amide bonds. The summed E-state index contributed by atoms with van der Waals surface area (Å²) >= 11 is 0. The Morgan fingerprint density at radius 1 is 1.38 bits per heavy atom. The highest BCUT2D eigenvalue weighted by Crippen LogP contribution is 2.31. The number of carbonyl (C=O) groups is 1. The minimum atomic E-state index is -1.28. The smallest absolute Gasteiger partial charge is 0.349 e. The van der Waals surface area contributed by atoms with Crippen molar-refractivity contribution in [3.8, 4) is 5.75 Å². The maximum Gasteiger partial charge on any atom is 0.349 e. The first-order valence-electron chi connectivity index (χ1n) is 9.12. The van der Waals surface area contributed by atoms with Gasteiger partial charge in [0.05, 0.1) is 18.3 Å². The van der Waals surface area contributed by atoms with Gasteiger partial charge in [-0.2, -0.15) is 0 Å². The minimum absolute atomic E-state index is 0.0131. The van der Waals surface area contributed by atoms with Crippen LogP contribution in [0.2, 0.25) is 0 Å². The van der Waals surface area contributed by atoms with Gasteiger partial charge in [0.15, 0.2) is 0 Å². The van der Waals surface area contributed by atoms with E-state index in [1.165, 1.54) is 18.2 Å². The Balaban J connectivity index is 1.94. The predicted octanol–water partition coefficient (Wildman–Crippen LogP) is 0.220. The Hall–Kier alpha value is -2.53. The third-order valence-electron chi connectivity index (χ3n) is 4.65. The van der Waals surface area contributed by atoms with Crippen molar-refractivity contribution in [1.82, 2.24) is 5.32 Å². The molecule has 3 rings (SSSR count). The molecule has 0 saturated carbocycles. The summed E-state index contributed by atoms with van der Waals surface area (Å²) < 4.78 is 29.9. The van der Waals surface area contributed by atoms with Crippen molar-refractivity contribution >= 4 is 16.9 Å². The molecule has 1 aromatic heterocycles. The van der Waals surface area contributed by atoms with Crippen LogP contribution >= 0.6 is 0 Å². The lowest BCUT2D eigenvalue weighted by atomic mass is 10.0. The number of ether oxygens (including phenoxy) is 2. The van der Waals surface area contributed by atoms with Crippen molar-refractivity contribution in [2.75, 3.05) is 13.2 Å². The van der Waals surface area contributed by atoms with E-state index in [9.17, 15) is 29.3 Å². The molecule has 1 aliphatic rings. The highest BCUT2D eigenvalue weighted by molar-refractivity contribution is 5.97. The quantitative estimate of drug-likeness (QED) is 0.495. The van der Waals surface area contributed by atoms with Gasteiger partial charge in [-0.25, -0.2) is 9.18 Å². The standard InChI is InChI=1S/C19H22FNO8/c1-2-21-18(25)10-5-9-3-4-13(11(7-20)17(9)29-19(10)26)27-15-6-12(23)16(24)14(8-22)28-15/h3-5,12,14-16,22-24H,2,6-8H2,1H3,(H,21,25)/t12-,14-,15?,16-/m1/s1. The van der Waals surface area contributed by atoms with E-state index in [1.807, 2.05) is 0 Å². The predicted molar refractivity (Wildman–Crippen MR) is 98.3 cm³/mol. The molecule has 1 aromatic carbocycles. The van der Waals surface area contributed by atoms with Gasteiger partial charge in [0.25, 0.3) is 5.91 Å². The van der Waals surface area contributed by atoms with Crippen LogP contribution in [0.4, 0.5) is 4.39 Å². The molecule has 4 N–H and O–H groups in total. The highest BCUT2D eigenvalue weighted by atomic mass is 19.1. The zero-order valence-corrected chi connectivity index (χ0v) is 15.6. The third-order valence-corrected chi connectivity index (χ3v) is 4.65. The summed E-state index contributed by atoms with van der Waals surface area (Å²) in [7, 11) is 0. The Kier molecular flexibility index (Phi) is 6.48. The van der Waals surface area contributed by atoms with Crippen LogP contribution in [-0.2, 0) is 11.4 Å². The van der Waals surface area contributed by atoms with Gasteiger partial charge in [-0.3, -0.25) is 4.79 Å². The topological polar surface area (TPSA) is 138 Å². The number of nitrogens with one attached hydrogen (secondary N) is 1. The van der Waals surface area contributed by atoms with Crippen LogP contribution < -0.4 is 15.7 Å². The molecule has 29 heavy (non-hydrogen) atoms. The molecule has 2 aromatic rings. The van der Waals surface area contributed by atoms with Crippen molar-refractivity contribution in [3.63, 3.8) is 0 Å². The molecule has 1 unspecified atom stereocenters. The second-order valence-electron chi connectivity index (χ2n) is 6.60. The summed E-state index contributed by atoms with van der Waals surface area (Å²) in [5, 5.41) is 31.7. The number of hydrogen-bond donors (Lipinski definition) is 4. The average Bonchev–Trinajstić information content (AvgIpc) is 2.70. The zero-order chi connectivity index (χ0) is 21.1. The fourth-order valence-electron chi connectivity index (χ4n) is 3.16. The van der Waals surface area contributed by atoms with Crippen molar-refractivity contribution in [3.05, 3.63) is 39.7 Å². The van der Waals surface area contributed by atoms with E-state index in [0.717, 1.165) is 0 Å². The molecule has 0 radical (unpaired) electrons. The van der Waals surface area contributed by atoms with Crippen molar-refractivity contribution in [2.24, 2.45) is 0 Å². The molecule has 158 valence electrons. The largest absolute Gasteiger partial charge is 0.464 e. The summed E-state index contributed by atoms with van der Waals surface area (Å²) in [4.78, 5) is 24.1. The number of halogens is 1. The molecule has 0 spiro atoms. The maximum absolute atomic E-state index is 13.8. The molecular formula is C19H22FNO8.